The fourth-order valence-corrected chi connectivity index (χ4v) is 3.09. The summed E-state index contributed by atoms with van der Waals surface area (Å²) in [5, 5.41) is 9.10. The number of nitrogens with zero attached hydrogens (tertiary/aromatic N) is 2. The molecule has 5 nitrogen and oxygen atoms in total. The maximum Gasteiger partial charge on any atom is 0.319 e. The van der Waals surface area contributed by atoms with E-state index < -0.39 is 0 Å². The molecular weight excluding hydrogens is 344 g/mol. The molecule has 0 saturated heterocycles. The molecule has 3 rings (SSSR count). The minimum absolute atomic E-state index is 0.263. The number of hydrogen-bond acceptors (Lipinski definition) is 4. The summed E-state index contributed by atoms with van der Waals surface area (Å²) in [7, 11) is 0. The highest BCUT2D eigenvalue weighted by atomic mass is 35.5. The van der Waals surface area contributed by atoms with E-state index in [0.717, 1.165) is 16.3 Å². The molecule has 3 aromatic rings. The van der Waals surface area contributed by atoms with Crippen LogP contribution in [-0.4, -0.2) is 22.5 Å². The fraction of sp³-hybridized carbons (Fsp3) is 0.118. The summed E-state index contributed by atoms with van der Waals surface area (Å²) in [6, 6.07) is 10.6. The molecule has 24 heavy (non-hydrogen) atoms. The number of nitrogens with one attached hydrogen (secondary N) is 2. The lowest BCUT2D eigenvalue weighted by Crippen LogP contribution is -2.30. The molecule has 1 aromatic carbocycles. The molecule has 0 spiro atoms. The van der Waals surface area contributed by atoms with Crippen molar-refractivity contribution < 1.29 is 4.79 Å². The van der Waals surface area contributed by atoms with E-state index in [4.69, 9.17) is 11.6 Å². The molecule has 0 unspecified atom stereocenters. The Morgan fingerprint density at radius 2 is 2.17 bits per heavy atom. The van der Waals surface area contributed by atoms with Crippen molar-refractivity contribution in [2.45, 2.75) is 6.42 Å². The number of carbonyl (C=O) groups excluding carboxylic acids is 1. The van der Waals surface area contributed by atoms with Gasteiger partial charge in [-0.15, -0.1) is 11.3 Å². The van der Waals surface area contributed by atoms with Crippen LogP contribution in [0.3, 0.4) is 0 Å². The first-order valence-corrected chi connectivity index (χ1v) is 8.62. The first-order chi connectivity index (χ1) is 11.7. The summed E-state index contributed by atoms with van der Waals surface area (Å²) in [5.41, 5.74) is 2.56. The number of amides is 2. The van der Waals surface area contributed by atoms with E-state index >= 15 is 0 Å². The highest BCUT2D eigenvalue weighted by Gasteiger charge is 2.06. The zero-order chi connectivity index (χ0) is 16.8. The maximum atomic E-state index is 11.9. The number of urea groups is 1. The fourth-order valence-electron chi connectivity index (χ4n) is 2.10. The van der Waals surface area contributed by atoms with Crippen LogP contribution in [0.2, 0.25) is 5.02 Å². The van der Waals surface area contributed by atoms with Crippen LogP contribution in [0.1, 0.15) is 5.01 Å². The molecule has 2 N–H and O–H groups in total. The third-order valence-electron chi connectivity index (χ3n) is 3.22. The van der Waals surface area contributed by atoms with Crippen LogP contribution in [0.4, 0.5) is 10.5 Å². The van der Waals surface area contributed by atoms with Crippen molar-refractivity contribution in [1.82, 2.24) is 15.3 Å². The molecular formula is C17H15ClN4OS. The van der Waals surface area contributed by atoms with Crippen LogP contribution in [0, 0.1) is 0 Å². The number of benzene rings is 1. The van der Waals surface area contributed by atoms with E-state index in [1.807, 2.05) is 17.5 Å². The zero-order valence-electron chi connectivity index (χ0n) is 12.7. The van der Waals surface area contributed by atoms with Gasteiger partial charge in [-0.2, -0.15) is 0 Å². The molecule has 2 amide bonds. The van der Waals surface area contributed by atoms with E-state index in [2.05, 4.69) is 20.6 Å². The summed E-state index contributed by atoms with van der Waals surface area (Å²) in [6.45, 7) is 0.506. The first kappa shape index (κ1) is 16.4. The Labute approximate surface area is 148 Å². The highest BCUT2D eigenvalue weighted by molar-refractivity contribution is 7.09. The summed E-state index contributed by atoms with van der Waals surface area (Å²) in [6.07, 6.45) is 4.20. The van der Waals surface area contributed by atoms with Crippen LogP contribution in [0.15, 0.2) is 54.2 Å². The molecule has 122 valence electrons. The zero-order valence-corrected chi connectivity index (χ0v) is 14.3. The number of thiazole rings is 1. The predicted octanol–water partition coefficient (Wildman–Crippen LogP) is 4.22. The van der Waals surface area contributed by atoms with Gasteiger partial charge in [0.2, 0.25) is 0 Å². The monoisotopic (exact) mass is 358 g/mol. The van der Waals surface area contributed by atoms with Gasteiger partial charge in [0.05, 0.1) is 10.7 Å². The third-order valence-corrected chi connectivity index (χ3v) is 4.36. The third kappa shape index (κ3) is 4.53. The Bertz CT molecular complexity index is 822. The number of carbonyl (C=O) groups is 1. The average Bonchev–Trinajstić information content (AvgIpc) is 3.04. The Morgan fingerprint density at radius 3 is 2.96 bits per heavy atom. The van der Waals surface area contributed by atoms with Gasteiger partial charge in [0, 0.05) is 47.0 Å². The normalized spacial score (nSPS) is 10.4. The van der Waals surface area contributed by atoms with E-state index in [-0.39, 0.29) is 6.03 Å². The molecule has 0 aliphatic rings. The number of rotatable bonds is 5. The Balaban J connectivity index is 1.48. The van der Waals surface area contributed by atoms with Crippen molar-refractivity contribution in [2.75, 3.05) is 11.9 Å². The average molecular weight is 359 g/mol. The van der Waals surface area contributed by atoms with Crippen LogP contribution in [-0.2, 0) is 6.42 Å². The van der Waals surface area contributed by atoms with Crippen molar-refractivity contribution in [3.63, 3.8) is 0 Å². The molecule has 2 heterocycles. The second-order valence-corrected chi connectivity index (χ2v) is 6.39. The van der Waals surface area contributed by atoms with Crippen LogP contribution in [0.5, 0.6) is 0 Å². The number of aromatic nitrogens is 2. The molecule has 0 saturated carbocycles. The largest absolute Gasteiger partial charge is 0.337 e. The van der Waals surface area contributed by atoms with E-state index in [9.17, 15) is 4.79 Å². The lowest BCUT2D eigenvalue weighted by Gasteiger charge is -2.07. The summed E-state index contributed by atoms with van der Waals surface area (Å²) < 4.78 is 0. The van der Waals surface area contributed by atoms with Gasteiger partial charge in [-0.1, -0.05) is 17.7 Å². The Hall–Kier alpha value is -2.44. The van der Waals surface area contributed by atoms with Gasteiger partial charge in [0.15, 0.2) is 0 Å². The minimum Gasteiger partial charge on any atom is -0.337 e. The molecule has 2 aromatic heterocycles. The minimum atomic E-state index is -0.263. The molecule has 0 bridgehead atoms. The van der Waals surface area contributed by atoms with Gasteiger partial charge in [-0.05, 0) is 30.3 Å². The molecule has 0 atom stereocenters. The van der Waals surface area contributed by atoms with E-state index in [1.54, 1.807) is 48.0 Å². The molecule has 0 radical (unpaired) electrons. The highest BCUT2D eigenvalue weighted by Crippen LogP contribution is 2.21. The number of pyridine rings is 1. The van der Waals surface area contributed by atoms with Crippen molar-refractivity contribution >= 4 is 34.7 Å². The molecule has 0 fully saturated rings. The number of halogens is 1. The molecule has 7 heteroatoms. The summed E-state index contributed by atoms with van der Waals surface area (Å²) in [5.74, 6) is 0. The standard InChI is InChI=1S/C17H15ClN4OS/c18-13-4-1-5-14(9-13)21-17(23)20-8-6-16-22-15(11-24-16)12-3-2-7-19-10-12/h1-5,7,9-11H,6,8H2,(H2,20,21,23). The van der Waals surface area contributed by atoms with E-state index in [0.29, 0.717) is 23.7 Å². The molecule has 0 aliphatic heterocycles. The Morgan fingerprint density at radius 1 is 1.25 bits per heavy atom. The smallest absolute Gasteiger partial charge is 0.319 e. The van der Waals surface area contributed by atoms with Crippen LogP contribution < -0.4 is 10.6 Å². The summed E-state index contributed by atoms with van der Waals surface area (Å²) >= 11 is 7.46. The quantitative estimate of drug-likeness (QED) is 0.717. The lowest BCUT2D eigenvalue weighted by molar-refractivity contribution is 0.252. The van der Waals surface area contributed by atoms with E-state index in [1.165, 1.54) is 0 Å². The second kappa shape index (κ2) is 7.90. The molecule has 0 aliphatic carbocycles. The SMILES string of the molecule is O=C(NCCc1nc(-c2cccnc2)cs1)Nc1cccc(Cl)c1. The van der Waals surface area contributed by atoms with Gasteiger partial charge in [-0.25, -0.2) is 9.78 Å². The lowest BCUT2D eigenvalue weighted by atomic mass is 10.2. The van der Waals surface area contributed by atoms with Gasteiger partial charge >= 0.3 is 6.03 Å². The van der Waals surface area contributed by atoms with Gasteiger partial charge in [-0.3, -0.25) is 4.98 Å². The van der Waals surface area contributed by atoms with Gasteiger partial charge < -0.3 is 10.6 Å². The van der Waals surface area contributed by atoms with Crippen LogP contribution >= 0.6 is 22.9 Å². The van der Waals surface area contributed by atoms with Crippen molar-refractivity contribution in [3.8, 4) is 11.3 Å². The predicted molar refractivity (Wildman–Crippen MR) is 97.5 cm³/mol. The van der Waals surface area contributed by atoms with Gasteiger partial charge in [0.1, 0.15) is 0 Å². The number of anilines is 1. The Kier molecular flexibility index (Phi) is 5.40. The second-order valence-electron chi connectivity index (χ2n) is 5.01. The topological polar surface area (TPSA) is 66.9 Å². The van der Waals surface area contributed by atoms with Crippen molar-refractivity contribution in [1.29, 1.82) is 0 Å². The summed E-state index contributed by atoms with van der Waals surface area (Å²) in [4.78, 5) is 20.5. The maximum absolute atomic E-state index is 11.9. The van der Waals surface area contributed by atoms with Crippen molar-refractivity contribution in [3.05, 3.63) is 64.2 Å². The number of hydrogen-bond donors (Lipinski definition) is 2. The van der Waals surface area contributed by atoms with Gasteiger partial charge in [0.25, 0.3) is 0 Å². The first-order valence-electron chi connectivity index (χ1n) is 7.36. The van der Waals surface area contributed by atoms with Crippen LogP contribution in [0.25, 0.3) is 11.3 Å². The van der Waals surface area contributed by atoms with Crippen molar-refractivity contribution in [2.24, 2.45) is 0 Å².